The van der Waals surface area contributed by atoms with Crippen molar-refractivity contribution in [3.8, 4) is 0 Å². The van der Waals surface area contributed by atoms with Gasteiger partial charge in [0.1, 0.15) is 6.29 Å². The second-order valence-corrected chi connectivity index (χ2v) is 2.05. The predicted octanol–water partition coefficient (Wildman–Crippen LogP) is 0.965. The van der Waals surface area contributed by atoms with E-state index >= 15 is 0 Å². The highest BCUT2D eigenvalue weighted by atomic mass is 16.1. The van der Waals surface area contributed by atoms with Crippen molar-refractivity contribution < 1.29 is 4.79 Å². The van der Waals surface area contributed by atoms with Crippen LogP contribution in [0.5, 0.6) is 0 Å². The minimum absolute atomic E-state index is 0.750. The monoisotopic (exact) mass is 129 g/mol. The summed E-state index contributed by atoms with van der Waals surface area (Å²) in [5.41, 5.74) is 0. The highest BCUT2D eigenvalue weighted by Crippen LogP contribution is 1.96. The van der Waals surface area contributed by atoms with Crippen LogP contribution >= 0.6 is 0 Å². The average Bonchev–Trinajstić information content (AvgIpc) is 1.93. The Kier molecular flexibility index (Phi) is 7.32. The molecule has 1 aliphatic rings. The van der Waals surface area contributed by atoms with Crippen LogP contribution in [0, 0.1) is 0 Å². The molecule has 0 amide bonds. The third-order valence-electron chi connectivity index (χ3n) is 1.21. The first-order chi connectivity index (χ1) is 4.41. The Morgan fingerprint density at radius 3 is 1.78 bits per heavy atom. The molecule has 9 heavy (non-hydrogen) atoms. The maximum Gasteiger partial charge on any atom is 0.116 e. The van der Waals surface area contributed by atoms with E-state index in [0.29, 0.717) is 0 Å². The maximum absolute atomic E-state index is 8.81. The lowest BCUT2D eigenvalue weighted by Gasteiger charge is -2.08. The van der Waals surface area contributed by atoms with Crippen LogP contribution < -0.4 is 5.32 Å². The van der Waals surface area contributed by atoms with E-state index in [-0.39, 0.29) is 0 Å². The summed E-state index contributed by atoms with van der Waals surface area (Å²) in [5, 5.41) is 3.28. The van der Waals surface area contributed by atoms with E-state index in [1.807, 2.05) is 0 Å². The smallest absolute Gasteiger partial charge is 0.116 e. The normalized spacial score (nSPS) is 17.4. The van der Waals surface area contributed by atoms with Gasteiger partial charge in [-0.25, -0.2) is 0 Å². The molecule has 0 spiro atoms. The minimum Gasteiger partial charge on any atom is -0.317 e. The highest BCUT2D eigenvalue weighted by Gasteiger charge is 1.93. The fourth-order valence-corrected chi connectivity index (χ4v) is 0.802. The van der Waals surface area contributed by atoms with E-state index < -0.39 is 0 Å². The fourth-order valence-electron chi connectivity index (χ4n) is 0.802. The van der Waals surface area contributed by atoms with E-state index in [0.717, 1.165) is 6.29 Å². The van der Waals surface area contributed by atoms with Crippen molar-refractivity contribution in [2.24, 2.45) is 0 Å². The molecule has 0 atom stereocenters. The van der Waals surface area contributed by atoms with Gasteiger partial charge in [-0.3, -0.25) is 0 Å². The Bertz CT molecular complexity index is 48.4. The van der Waals surface area contributed by atoms with Crippen LogP contribution in [0.2, 0.25) is 0 Å². The van der Waals surface area contributed by atoms with E-state index in [1.165, 1.54) is 39.3 Å². The zero-order valence-corrected chi connectivity index (χ0v) is 6.02. The molecule has 0 bridgehead atoms. The summed E-state index contributed by atoms with van der Waals surface area (Å²) < 4.78 is 0. The standard InChI is InChI=1S/C5H11N.C2H4O/c1-2-4-6-5-3-1;1-2-3/h6H,1-5H2;2H,1H3. The maximum atomic E-state index is 8.81. The topological polar surface area (TPSA) is 29.1 Å². The Morgan fingerprint density at radius 1 is 1.22 bits per heavy atom. The number of hydrogen-bond donors (Lipinski definition) is 1. The van der Waals surface area contributed by atoms with Gasteiger partial charge in [0, 0.05) is 0 Å². The molecule has 0 aromatic carbocycles. The number of rotatable bonds is 0. The molecule has 0 aromatic heterocycles. The second kappa shape index (κ2) is 7.63. The molecule has 0 radical (unpaired) electrons. The van der Waals surface area contributed by atoms with E-state index in [4.69, 9.17) is 4.79 Å². The van der Waals surface area contributed by atoms with Gasteiger partial charge >= 0.3 is 0 Å². The quantitative estimate of drug-likeness (QED) is 0.494. The van der Waals surface area contributed by atoms with Gasteiger partial charge in [-0.05, 0) is 32.9 Å². The molecular formula is C7H15NO. The molecule has 1 aliphatic heterocycles. The Hall–Kier alpha value is -0.370. The predicted molar refractivity (Wildman–Crippen MR) is 38.5 cm³/mol. The van der Waals surface area contributed by atoms with Gasteiger partial charge in [0.05, 0.1) is 0 Å². The molecule has 1 rings (SSSR count). The first kappa shape index (κ1) is 8.63. The summed E-state index contributed by atoms with van der Waals surface area (Å²) in [5.74, 6) is 0. The van der Waals surface area contributed by atoms with Crippen molar-refractivity contribution in [1.82, 2.24) is 5.32 Å². The summed E-state index contributed by atoms with van der Waals surface area (Å²) in [7, 11) is 0. The van der Waals surface area contributed by atoms with Gasteiger partial charge in [0.25, 0.3) is 0 Å². The molecule has 2 nitrogen and oxygen atoms in total. The van der Waals surface area contributed by atoms with Crippen molar-refractivity contribution in [1.29, 1.82) is 0 Å². The number of nitrogens with one attached hydrogen (secondary N) is 1. The third-order valence-corrected chi connectivity index (χ3v) is 1.21. The van der Waals surface area contributed by atoms with Crippen LogP contribution in [0.4, 0.5) is 0 Å². The molecule has 1 heterocycles. The van der Waals surface area contributed by atoms with E-state index in [2.05, 4.69) is 5.32 Å². The van der Waals surface area contributed by atoms with E-state index in [9.17, 15) is 0 Å². The fraction of sp³-hybridized carbons (Fsp3) is 0.857. The Labute approximate surface area is 56.6 Å². The summed E-state index contributed by atoms with van der Waals surface area (Å²) >= 11 is 0. The molecule has 2 heteroatoms. The molecular weight excluding hydrogens is 114 g/mol. The number of carbonyl (C=O) groups is 1. The summed E-state index contributed by atoms with van der Waals surface area (Å²) in [6, 6.07) is 0. The van der Waals surface area contributed by atoms with Crippen molar-refractivity contribution in [2.75, 3.05) is 13.1 Å². The zero-order chi connectivity index (χ0) is 6.95. The molecule has 0 aliphatic carbocycles. The van der Waals surface area contributed by atoms with Crippen LogP contribution in [0.25, 0.3) is 0 Å². The molecule has 0 aromatic rings. The molecule has 1 fully saturated rings. The van der Waals surface area contributed by atoms with Crippen LogP contribution in [0.1, 0.15) is 26.2 Å². The van der Waals surface area contributed by atoms with Crippen molar-refractivity contribution in [2.45, 2.75) is 26.2 Å². The number of aldehydes is 1. The second-order valence-electron chi connectivity index (χ2n) is 2.05. The first-order valence-corrected chi connectivity index (χ1v) is 3.52. The Morgan fingerprint density at radius 2 is 1.67 bits per heavy atom. The van der Waals surface area contributed by atoms with Crippen molar-refractivity contribution >= 4 is 6.29 Å². The molecule has 0 unspecified atom stereocenters. The highest BCUT2D eigenvalue weighted by molar-refractivity contribution is 5.44. The van der Waals surface area contributed by atoms with Gasteiger partial charge < -0.3 is 10.1 Å². The van der Waals surface area contributed by atoms with Gasteiger partial charge in [-0.2, -0.15) is 0 Å². The number of hydrogen-bond acceptors (Lipinski definition) is 2. The average molecular weight is 129 g/mol. The van der Waals surface area contributed by atoms with Crippen LogP contribution in [-0.4, -0.2) is 19.4 Å². The van der Waals surface area contributed by atoms with E-state index in [1.54, 1.807) is 0 Å². The molecule has 54 valence electrons. The van der Waals surface area contributed by atoms with Crippen molar-refractivity contribution in [3.05, 3.63) is 0 Å². The SMILES string of the molecule is C1CCNCC1.CC=O. The molecule has 0 saturated carbocycles. The third kappa shape index (κ3) is 7.63. The lowest BCUT2D eigenvalue weighted by atomic mass is 10.2. The summed E-state index contributed by atoms with van der Waals surface area (Å²) in [6.07, 6.45) is 4.97. The summed E-state index contributed by atoms with van der Waals surface area (Å²) in [6.45, 7) is 3.94. The van der Waals surface area contributed by atoms with Gasteiger partial charge in [-0.15, -0.1) is 0 Å². The lowest BCUT2D eigenvalue weighted by molar-refractivity contribution is -0.106. The van der Waals surface area contributed by atoms with Crippen molar-refractivity contribution in [3.63, 3.8) is 0 Å². The van der Waals surface area contributed by atoms with Gasteiger partial charge in [-0.1, -0.05) is 6.42 Å². The van der Waals surface area contributed by atoms with Crippen LogP contribution in [-0.2, 0) is 4.79 Å². The zero-order valence-electron chi connectivity index (χ0n) is 6.02. The Balaban J connectivity index is 0.000000187. The van der Waals surface area contributed by atoms with Gasteiger partial charge in [0.2, 0.25) is 0 Å². The first-order valence-electron chi connectivity index (χ1n) is 3.52. The summed E-state index contributed by atoms with van der Waals surface area (Å²) in [4.78, 5) is 8.81. The minimum atomic E-state index is 0.750. The number of carbonyl (C=O) groups excluding carboxylic acids is 1. The molecule has 1 saturated heterocycles. The van der Waals surface area contributed by atoms with Crippen LogP contribution in [0.3, 0.4) is 0 Å². The lowest BCUT2D eigenvalue weighted by Crippen LogP contribution is -2.21. The largest absolute Gasteiger partial charge is 0.317 e. The number of piperidine rings is 1. The molecule has 1 N–H and O–H groups in total. The van der Waals surface area contributed by atoms with Crippen LogP contribution in [0.15, 0.2) is 0 Å². The van der Waals surface area contributed by atoms with Gasteiger partial charge in [0.15, 0.2) is 0 Å².